The number of nitrogens with zero attached hydrogens (tertiary/aromatic N) is 1. The SMILES string of the molecule is CCCCN1C(=O)NC(P(=O)(OCC)OCC)C1=O. The van der Waals surface area contributed by atoms with Crippen molar-refractivity contribution < 1.29 is 23.2 Å². The average molecular weight is 292 g/mol. The molecule has 1 heterocycles. The lowest BCUT2D eigenvalue weighted by atomic mass is 10.3. The van der Waals surface area contributed by atoms with Crippen LogP contribution < -0.4 is 5.32 Å². The van der Waals surface area contributed by atoms with E-state index in [9.17, 15) is 14.2 Å². The number of urea groups is 1. The van der Waals surface area contributed by atoms with Gasteiger partial charge < -0.3 is 14.4 Å². The fraction of sp³-hybridized carbons (Fsp3) is 0.818. The molecule has 0 spiro atoms. The molecule has 19 heavy (non-hydrogen) atoms. The molecule has 0 radical (unpaired) electrons. The number of nitrogens with one attached hydrogen (secondary N) is 1. The molecule has 7 nitrogen and oxygen atoms in total. The predicted octanol–water partition coefficient (Wildman–Crippen LogP) is 1.93. The average Bonchev–Trinajstić information content (AvgIpc) is 2.64. The van der Waals surface area contributed by atoms with Gasteiger partial charge >= 0.3 is 13.6 Å². The molecule has 1 atom stereocenters. The van der Waals surface area contributed by atoms with Crippen molar-refractivity contribution in [3.05, 3.63) is 0 Å². The van der Waals surface area contributed by atoms with Crippen molar-refractivity contribution in [1.29, 1.82) is 0 Å². The summed E-state index contributed by atoms with van der Waals surface area (Å²) in [6.45, 7) is 5.87. The van der Waals surface area contributed by atoms with Gasteiger partial charge in [-0.15, -0.1) is 0 Å². The van der Waals surface area contributed by atoms with E-state index >= 15 is 0 Å². The minimum Gasteiger partial charge on any atom is -0.315 e. The Morgan fingerprint density at radius 2 is 1.79 bits per heavy atom. The first kappa shape index (κ1) is 16.1. The topological polar surface area (TPSA) is 84.9 Å². The van der Waals surface area contributed by atoms with Gasteiger partial charge in [-0.25, -0.2) is 4.79 Å². The highest BCUT2D eigenvalue weighted by molar-refractivity contribution is 7.55. The molecular formula is C11H21N2O5P. The maximum absolute atomic E-state index is 12.5. The van der Waals surface area contributed by atoms with E-state index in [1.165, 1.54) is 0 Å². The normalized spacial score (nSPS) is 19.9. The molecule has 0 aromatic heterocycles. The number of carbonyl (C=O) groups excluding carboxylic acids is 2. The predicted molar refractivity (Wildman–Crippen MR) is 69.8 cm³/mol. The maximum atomic E-state index is 12.5. The van der Waals surface area contributed by atoms with Gasteiger partial charge in [-0.05, 0) is 20.3 Å². The summed E-state index contributed by atoms with van der Waals surface area (Å²) in [5.41, 5.74) is 0. The van der Waals surface area contributed by atoms with Gasteiger partial charge in [0.25, 0.3) is 5.91 Å². The molecule has 3 amide bonds. The summed E-state index contributed by atoms with van der Waals surface area (Å²) in [6.07, 6.45) is 1.57. The minimum absolute atomic E-state index is 0.145. The molecule has 0 aromatic rings. The molecule has 0 aliphatic carbocycles. The van der Waals surface area contributed by atoms with E-state index in [1.807, 2.05) is 6.92 Å². The van der Waals surface area contributed by atoms with Gasteiger partial charge in [-0.2, -0.15) is 0 Å². The second-order valence-corrected chi connectivity index (χ2v) is 6.18. The smallest absolute Gasteiger partial charge is 0.315 e. The number of hydrogen-bond acceptors (Lipinski definition) is 5. The van der Waals surface area contributed by atoms with Crippen LogP contribution in [0.25, 0.3) is 0 Å². The van der Waals surface area contributed by atoms with E-state index < -0.39 is 25.3 Å². The molecule has 8 heteroatoms. The van der Waals surface area contributed by atoms with Crippen molar-refractivity contribution in [3.8, 4) is 0 Å². The summed E-state index contributed by atoms with van der Waals surface area (Å²) in [4.78, 5) is 24.9. The van der Waals surface area contributed by atoms with Gasteiger partial charge in [-0.3, -0.25) is 14.3 Å². The van der Waals surface area contributed by atoms with Crippen LogP contribution in [0, 0.1) is 0 Å². The highest BCUT2D eigenvalue weighted by Crippen LogP contribution is 2.53. The van der Waals surface area contributed by atoms with Gasteiger partial charge in [0.15, 0.2) is 0 Å². The molecule has 1 fully saturated rings. The van der Waals surface area contributed by atoms with Crippen LogP contribution in [0.2, 0.25) is 0 Å². The zero-order valence-electron chi connectivity index (χ0n) is 11.5. The van der Waals surface area contributed by atoms with Crippen molar-refractivity contribution in [2.75, 3.05) is 19.8 Å². The summed E-state index contributed by atoms with van der Waals surface area (Å²) < 4.78 is 22.7. The summed E-state index contributed by atoms with van der Waals surface area (Å²) in [7, 11) is -3.65. The molecule has 110 valence electrons. The summed E-state index contributed by atoms with van der Waals surface area (Å²) in [6, 6.07) is -0.539. The molecule has 1 aliphatic rings. The van der Waals surface area contributed by atoms with Crippen molar-refractivity contribution in [2.45, 2.75) is 39.4 Å². The molecule has 0 saturated carbocycles. The van der Waals surface area contributed by atoms with Gasteiger partial charge in [-0.1, -0.05) is 13.3 Å². The third-order valence-electron chi connectivity index (χ3n) is 2.67. The Bertz CT molecular complexity index is 377. The maximum Gasteiger partial charge on any atom is 0.362 e. The first-order valence-electron chi connectivity index (χ1n) is 6.50. The van der Waals surface area contributed by atoms with Crippen molar-refractivity contribution in [2.24, 2.45) is 0 Å². The molecule has 1 saturated heterocycles. The number of amides is 3. The third kappa shape index (κ3) is 3.55. The highest BCUT2D eigenvalue weighted by Gasteiger charge is 2.50. The first-order valence-corrected chi connectivity index (χ1v) is 8.12. The standard InChI is InChI=1S/C11H21N2O5P/c1-4-7-8-13-10(14)9(12-11(13)15)19(16,17-5-2)18-6-3/h9H,4-8H2,1-3H3,(H,12,15). The van der Waals surface area contributed by atoms with E-state index in [0.717, 1.165) is 11.3 Å². The Hall–Kier alpha value is -0.910. The highest BCUT2D eigenvalue weighted by atomic mass is 31.2. The van der Waals surface area contributed by atoms with Crippen LogP contribution in [0.4, 0.5) is 4.79 Å². The Balaban J connectivity index is 2.86. The van der Waals surface area contributed by atoms with Gasteiger partial charge in [0.05, 0.1) is 13.2 Å². The lowest BCUT2D eigenvalue weighted by Crippen LogP contribution is -2.32. The Morgan fingerprint density at radius 1 is 1.21 bits per heavy atom. The van der Waals surface area contributed by atoms with Crippen LogP contribution in [-0.4, -0.2) is 42.4 Å². The summed E-state index contributed by atoms with van der Waals surface area (Å²) in [5, 5.41) is 2.40. The number of rotatable bonds is 8. The van der Waals surface area contributed by atoms with E-state index in [1.54, 1.807) is 13.8 Å². The monoisotopic (exact) mass is 292 g/mol. The van der Waals surface area contributed by atoms with E-state index in [0.29, 0.717) is 13.0 Å². The van der Waals surface area contributed by atoms with E-state index in [4.69, 9.17) is 9.05 Å². The van der Waals surface area contributed by atoms with Crippen LogP contribution >= 0.6 is 7.60 Å². The van der Waals surface area contributed by atoms with Crippen LogP contribution in [0.5, 0.6) is 0 Å². The molecule has 1 unspecified atom stereocenters. The van der Waals surface area contributed by atoms with Crippen LogP contribution in [0.1, 0.15) is 33.6 Å². The molecule has 0 aromatic carbocycles. The van der Waals surface area contributed by atoms with E-state index in [2.05, 4.69) is 5.32 Å². The zero-order chi connectivity index (χ0) is 14.5. The van der Waals surface area contributed by atoms with Crippen molar-refractivity contribution in [1.82, 2.24) is 10.2 Å². The zero-order valence-corrected chi connectivity index (χ0v) is 12.4. The number of unbranched alkanes of at least 4 members (excludes halogenated alkanes) is 1. The Morgan fingerprint density at radius 3 is 2.26 bits per heavy atom. The number of carbonyl (C=O) groups is 2. The Kier molecular flexibility index (Phi) is 5.97. The summed E-state index contributed by atoms with van der Waals surface area (Å²) >= 11 is 0. The van der Waals surface area contributed by atoms with E-state index in [-0.39, 0.29) is 13.2 Å². The van der Waals surface area contributed by atoms with Crippen LogP contribution in [-0.2, 0) is 18.4 Å². The molecule has 1 rings (SSSR count). The molecule has 1 aliphatic heterocycles. The van der Waals surface area contributed by atoms with Crippen molar-refractivity contribution >= 4 is 19.5 Å². The van der Waals surface area contributed by atoms with Gasteiger partial charge in [0, 0.05) is 6.54 Å². The second kappa shape index (κ2) is 7.03. The molecular weight excluding hydrogens is 271 g/mol. The fourth-order valence-corrected chi connectivity index (χ4v) is 3.56. The van der Waals surface area contributed by atoms with Crippen LogP contribution in [0.15, 0.2) is 0 Å². The first-order chi connectivity index (χ1) is 9.00. The third-order valence-corrected chi connectivity index (χ3v) is 4.89. The van der Waals surface area contributed by atoms with Crippen molar-refractivity contribution in [3.63, 3.8) is 0 Å². The number of imide groups is 1. The lowest BCUT2D eigenvalue weighted by Gasteiger charge is -2.21. The molecule has 1 N–H and O–H groups in total. The largest absolute Gasteiger partial charge is 0.362 e. The minimum atomic E-state index is -3.65. The molecule has 0 bridgehead atoms. The lowest BCUT2D eigenvalue weighted by molar-refractivity contribution is -0.126. The summed E-state index contributed by atoms with van der Waals surface area (Å²) in [5.74, 6) is -1.76. The second-order valence-electron chi connectivity index (χ2n) is 4.07. The Labute approximate surface area is 113 Å². The fourth-order valence-electron chi connectivity index (χ4n) is 1.79. The van der Waals surface area contributed by atoms with Gasteiger partial charge in [0.1, 0.15) is 0 Å². The number of hydrogen-bond donors (Lipinski definition) is 1. The van der Waals surface area contributed by atoms with Gasteiger partial charge in [0.2, 0.25) is 5.78 Å². The van der Waals surface area contributed by atoms with Crippen LogP contribution in [0.3, 0.4) is 0 Å². The quantitative estimate of drug-likeness (QED) is 0.546.